The summed E-state index contributed by atoms with van der Waals surface area (Å²) in [6, 6.07) is 4.90. The molecular weight excluding hydrogens is 360 g/mol. The van der Waals surface area contributed by atoms with Crippen LogP contribution in [-0.4, -0.2) is 60.9 Å². The lowest BCUT2D eigenvalue weighted by Gasteiger charge is -2.32. The summed E-state index contributed by atoms with van der Waals surface area (Å²) in [6.07, 6.45) is 0. The molecule has 2 amide bonds. The van der Waals surface area contributed by atoms with E-state index in [2.05, 4.69) is 37.4 Å². The number of hydrogen-bond donors (Lipinski definition) is 2. The molecule has 2 aliphatic heterocycles. The van der Waals surface area contributed by atoms with Crippen LogP contribution in [0, 0.1) is 13.8 Å². The van der Waals surface area contributed by atoms with Gasteiger partial charge in [-0.15, -0.1) is 0 Å². The Bertz CT molecular complexity index is 872. The normalized spacial score (nSPS) is 16.2. The molecule has 9 nitrogen and oxygen atoms in total. The van der Waals surface area contributed by atoms with Gasteiger partial charge in [0.1, 0.15) is 0 Å². The largest absolute Gasteiger partial charge is 0.454 e. The van der Waals surface area contributed by atoms with Crippen LogP contribution in [-0.2, 0) is 0 Å². The Morgan fingerprint density at radius 2 is 1.68 bits per heavy atom. The number of benzene rings is 1. The Labute approximate surface area is 163 Å². The second-order valence-corrected chi connectivity index (χ2v) is 7.01. The summed E-state index contributed by atoms with van der Waals surface area (Å²) in [4.78, 5) is 26.1. The molecule has 0 bridgehead atoms. The van der Waals surface area contributed by atoms with Crippen molar-refractivity contribution in [1.82, 2.24) is 14.9 Å². The van der Waals surface area contributed by atoms with Gasteiger partial charge >= 0.3 is 6.03 Å². The number of nitrogens with zero attached hydrogens (tertiary/aromatic N) is 4. The summed E-state index contributed by atoms with van der Waals surface area (Å²) in [5, 5.41) is 5.66. The molecular formula is C19H24N6O3. The van der Waals surface area contributed by atoms with Gasteiger partial charge in [-0.1, -0.05) is 0 Å². The minimum absolute atomic E-state index is 0.195. The molecule has 1 aromatic carbocycles. The summed E-state index contributed by atoms with van der Waals surface area (Å²) in [5.74, 6) is 2.00. The predicted octanol–water partition coefficient (Wildman–Crippen LogP) is 2.22. The quantitative estimate of drug-likeness (QED) is 0.838. The highest BCUT2D eigenvalue weighted by Gasteiger charge is 2.20. The number of ether oxygens (including phenoxy) is 2. The van der Waals surface area contributed by atoms with Gasteiger partial charge < -0.3 is 29.9 Å². The first-order chi connectivity index (χ1) is 13.5. The van der Waals surface area contributed by atoms with Gasteiger partial charge in [0.25, 0.3) is 0 Å². The molecule has 0 radical (unpaired) electrons. The third-order valence-corrected chi connectivity index (χ3v) is 4.91. The lowest BCUT2D eigenvalue weighted by Crippen LogP contribution is -2.45. The number of aryl methyl sites for hydroxylation is 2. The SMILES string of the molecule is Cc1nc(N2CCN(C)CC2)nc(C)c1NC(=O)Nc1ccc2c(c1)OCO2. The molecule has 0 saturated carbocycles. The first kappa shape index (κ1) is 18.3. The molecule has 3 heterocycles. The molecule has 4 rings (SSSR count). The van der Waals surface area contributed by atoms with Crippen LogP contribution in [0.5, 0.6) is 11.5 Å². The number of amides is 2. The van der Waals surface area contributed by atoms with Gasteiger partial charge in [0.05, 0.1) is 17.1 Å². The lowest BCUT2D eigenvalue weighted by molar-refractivity contribution is 0.174. The molecule has 9 heteroatoms. The highest BCUT2D eigenvalue weighted by Crippen LogP contribution is 2.34. The van der Waals surface area contributed by atoms with Gasteiger partial charge in [0, 0.05) is 37.9 Å². The van der Waals surface area contributed by atoms with E-state index in [0.717, 1.165) is 37.6 Å². The van der Waals surface area contributed by atoms with Crippen molar-refractivity contribution in [3.8, 4) is 11.5 Å². The molecule has 2 N–H and O–H groups in total. The van der Waals surface area contributed by atoms with E-state index in [4.69, 9.17) is 9.47 Å². The number of anilines is 3. The zero-order chi connectivity index (χ0) is 19.7. The molecule has 28 heavy (non-hydrogen) atoms. The van der Waals surface area contributed by atoms with Crippen molar-refractivity contribution in [2.75, 3.05) is 55.6 Å². The predicted molar refractivity (Wildman–Crippen MR) is 106 cm³/mol. The average Bonchev–Trinajstić information content (AvgIpc) is 3.13. The Morgan fingerprint density at radius 1 is 1.00 bits per heavy atom. The van der Waals surface area contributed by atoms with Crippen molar-refractivity contribution < 1.29 is 14.3 Å². The van der Waals surface area contributed by atoms with Crippen LogP contribution in [0.25, 0.3) is 0 Å². The molecule has 1 fully saturated rings. The van der Waals surface area contributed by atoms with Crippen molar-refractivity contribution in [3.63, 3.8) is 0 Å². The lowest BCUT2D eigenvalue weighted by atomic mass is 10.2. The van der Waals surface area contributed by atoms with E-state index in [0.29, 0.717) is 28.8 Å². The van der Waals surface area contributed by atoms with Gasteiger partial charge in [0.15, 0.2) is 11.5 Å². The van der Waals surface area contributed by atoms with Crippen LogP contribution in [0.1, 0.15) is 11.4 Å². The van der Waals surface area contributed by atoms with E-state index in [9.17, 15) is 4.79 Å². The summed E-state index contributed by atoms with van der Waals surface area (Å²) in [5.41, 5.74) is 2.72. The minimum atomic E-state index is -0.360. The number of carbonyl (C=O) groups is 1. The maximum absolute atomic E-state index is 12.4. The molecule has 1 aromatic heterocycles. The van der Waals surface area contributed by atoms with Crippen molar-refractivity contribution in [1.29, 1.82) is 0 Å². The fourth-order valence-corrected chi connectivity index (χ4v) is 3.28. The fourth-order valence-electron chi connectivity index (χ4n) is 3.28. The Balaban J connectivity index is 1.44. The summed E-state index contributed by atoms with van der Waals surface area (Å²) >= 11 is 0. The van der Waals surface area contributed by atoms with E-state index >= 15 is 0 Å². The number of rotatable bonds is 3. The summed E-state index contributed by atoms with van der Waals surface area (Å²) < 4.78 is 10.6. The van der Waals surface area contributed by atoms with E-state index < -0.39 is 0 Å². The first-order valence-corrected chi connectivity index (χ1v) is 9.26. The maximum Gasteiger partial charge on any atom is 0.323 e. The van der Waals surface area contributed by atoms with E-state index in [1.54, 1.807) is 18.2 Å². The molecule has 1 saturated heterocycles. The Morgan fingerprint density at radius 3 is 2.39 bits per heavy atom. The number of likely N-dealkylation sites (N-methyl/N-ethyl adjacent to an activating group) is 1. The highest BCUT2D eigenvalue weighted by molar-refractivity contribution is 6.00. The maximum atomic E-state index is 12.4. The number of aromatic nitrogens is 2. The van der Waals surface area contributed by atoms with E-state index in [-0.39, 0.29) is 12.8 Å². The van der Waals surface area contributed by atoms with Gasteiger partial charge in [-0.2, -0.15) is 0 Å². The molecule has 0 spiro atoms. The molecule has 2 aliphatic rings. The van der Waals surface area contributed by atoms with Gasteiger partial charge in [-0.3, -0.25) is 0 Å². The van der Waals surface area contributed by atoms with Crippen LogP contribution >= 0.6 is 0 Å². The second kappa shape index (κ2) is 7.51. The van der Waals surface area contributed by atoms with Crippen LogP contribution in [0.2, 0.25) is 0 Å². The number of nitrogens with one attached hydrogen (secondary N) is 2. The van der Waals surface area contributed by atoms with Gasteiger partial charge in [0.2, 0.25) is 12.7 Å². The molecule has 148 valence electrons. The van der Waals surface area contributed by atoms with Gasteiger partial charge in [-0.25, -0.2) is 14.8 Å². The van der Waals surface area contributed by atoms with E-state index in [1.807, 2.05) is 13.8 Å². The highest BCUT2D eigenvalue weighted by atomic mass is 16.7. The van der Waals surface area contributed by atoms with Crippen molar-refractivity contribution >= 4 is 23.4 Å². The smallest absolute Gasteiger partial charge is 0.323 e. The fraction of sp³-hybridized carbons (Fsp3) is 0.421. The monoisotopic (exact) mass is 384 g/mol. The van der Waals surface area contributed by atoms with Gasteiger partial charge in [-0.05, 0) is 33.0 Å². The Hall–Kier alpha value is -3.07. The topological polar surface area (TPSA) is 91.9 Å². The number of piperazine rings is 1. The standard InChI is InChI=1S/C19H24N6O3/c1-12-17(13(2)21-18(20-12)25-8-6-24(3)7-9-25)23-19(26)22-14-4-5-15-16(10-14)28-11-27-15/h4-5,10H,6-9,11H2,1-3H3,(H2,22,23,26). The first-order valence-electron chi connectivity index (χ1n) is 9.26. The zero-order valence-electron chi connectivity index (χ0n) is 16.3. The van der Waals surface area contributed by atoms with Crippen LogP contribution in [0.3, 0.4) is 0 Å². The van der Waals surface area contributed by atoms with Crippen LogP contribution < -0.4 is 25.0 Å². The number of fused-ring (bicyclic) bond motifs is 1. The third-order valence-electron chi connectivity index (χ3n) is 4.91. The third kappa shape index (κ3) is 3.79. The molecule has 2 aromatic rings. The number of urea groups is 1. The number of hydrogen-bond acceptors (Lipinski definition) is 7. The second-order valence-electron chi connectivity index (χ2n) is 7.01. The average molecular weight is 384 g/mol. The summed E-state index contributed by atoms with van der Waals surface area (Å²) in [7, 11) is 2.11. The Kier molecular flexibility index (Phi) is 4.91. The zero-order valence-corrected chi connectivity index (χ0v) is 16.3. The van der Waals surface area contributed by atoms with Crippen LogP contribution in [0.15, 0.2) is 18.2 Å². The van der Waals surface area contributed by atoms with Crippen molar-refractivity contribution in [2.45, 2.75) is 13.8 Å². The van der Waals surface area contributed by atoms with Crippen molar-refractivity contribution in [2.24, 2.45) is 0 Å². The van der Waals surface area contributed by atoms with E-state index in [1.165, 1.54) is 0 Å². The molecule has 0 unspecified atom stereocenters. The number of carbonyl (C=O) groups excluding carboxylic acids is 1. The molecule has 0 aliphatic carbocycles. The minimum Gasteiger partial charge on any atom is -0.454 e. The van der Waals surface area contributed by atoms with Crippen LogP contribution in [0.4, 0.5) is 22.1 Å². The summed E-state index contributed by atoms with van der Waals surface area (Å²) in [6.45, 7) is 7.72. The molecule has 0 atom stereocenters. The van der Waals surface area contributed by atoms with Crippen molar-refractivity contribution in [3.05, 3.63) is 29.6 Å².